The van der Waals surface area contributed by atoms with Crippen molar-refractivity contribution in [3.8, 4) is 0 Å². The second-order valence-corrected chi connectivity index (χ2v) is 4.83. The van der Waals surface area contributed by atoms with E-state index in [9.17, 15) is 4.79 Å². The molecule has 0 aromatic carbocycles. The average Bonchev–Trinajstić information content (AvgIpc) is 2.83. The van der Waals surface area contributed by atoms with Gasteiger partial charge in [-0.25, -0.2) is 9.78 Å². The maximum Gasteiger partial charge on any atom is 0.356 e. The predicted octanol–water partition coefficient (Wildman–Crippen LogP) is 0.784. The number of carbonyl (C=O) groups is 1. The molecule has 19 heavy (non-hydrogen) atoms. The van der Waals surface area contributed by atoms with Gasteiger partial charge in [0.25, 0.3) is 0 Å². The van der Waals surface area contributed by atoms with Crippen molar-refractivity contribution in [3.05, 3.63) is 30.1 Å². The molecule has 6 heteroatoms. The summed E-state index contributed by atoms with van der Waals surface area (Å²) in [6, 6.07) is 5.75. The lowest BCUT2D eigenvalue weighted by molar-refractivity contribution is 0.0691. The number of hydrogen-bond acceptors (Lipinski definition) is 4. The van der Waals surface area contributed by atoms with E-state index in [1.54, 1.807) is 6.20 Å². The van der Waals surface area contributed by atoms with Gasteiger partial charge in [-0.15, -0.1) is 0 Å². The van der Waals surface area contributed by atoms with Gasteiger partial charge in [-0.3, -0.25) is 4.40 Å². The van der Waals surface area contributed by atoms with Gasteiger partial charge in [0.1, 0.15) is 11.5 Å². The number of rotatable bonds is 2. The molecule has 1 aliphatic rings. The number of hydrogen-bond donors (Lipinski definition) is 1. The zero-order valence-electron chi connectivity index (χ0n) is 10.8. The molecule has 1 N–H and O–H groups in total. The van der Waals surface area contributed by atoms with Crippen molar-refractivity contribution in [2.45, 2.75) is 0 Å². The first kappa shape index (κ1) is 12.0. The van der Waals surface area contributed by atoms with Crippen LogP contribution in [-0.4, -0.2) is 58.6 Å². The second kappa shape index (κ2) is 4.55. The minimum absolute atomic E-state index is 0.0848. The zero-order chi connectivity index (χ0) is 13.4. The number of fused-ring (bicyclic) bond motifs is 1. The lowest BCUT2D eigenvalue weighted by atomic mass is 10.3. The second-order valence-electron chi connectivity index (χ2n) is 4.83. The topological polar surface area (TPSA) is 61.1 Å². The summed E-state index contributed by atoms with van der Waals surface area (Å²) in [5, 5.41) is 9.03. The number of nitrogens with zero attached hydrogens (tertiary/aromatic N) is 4. The Labute approximate surface area is 110 Å². The smallest absolute Gasteiger partial charge is 0.356 e. The molecule has 3 rings (SSSR count). The summed E-state index contributed by atoms with van der Waals surface area (Å²) in [5.74, 6) is 0.0126. The number of imidazole rings is 1. The van der Waals surface area contributed by atoms with E-state index in [1.165, 1.54) is 0 Å². The van der Waals surface area contributed by atoms with E-state index >= 15 is 0 Å². The molecule has 0 spiro atoms. The number of likely N-dealkylation sites (N-methyl/N-ethyl adjacent to an activating group) is 1. The molecule has 0 bridgehead atoms. The highest BCUT2D eigenvalue weighted by atomic mass is 16.4. The largest absolute Gasteiger partial charge is 0.476 e. The van der Waals surface area contributed by atoms with E-state index < -0.39 is 5.97 Å². The number of aromatic nitrogens is 2. The third-order valence-electron chi connectivity index (χ3n) is 3.52. The maximum atomic E-state index is 11.0. The van der Waals surface area contributed by atoms with Crippen LogP contribution in [0, 0.1) is 0 Å². The predicted molar refractivity (Wildman–Crippen MR) is 71.9 cm³/mol. The summed E-state index contributed by atoms with van der Waals surface area (Å²) < 4.78 is 1.86. The molecule has 2 aromatic rings. The lowest BCUT2D eigenvalue weighted by Gasteiger charge is -2.34. The molecule has 0 atom stereocenters. The van der Waals surface area contributed by atoms with Crippen LogP contribution in [0.4, 0.5) is 5.82 Å². The SMILES string of the molecule is CN1CCN(c2cccc3nc(C(=O)O)cn23)CC1. The van der Waals surface area contributed by atoms with Crippen LogP contribution < -0.4 is 4.90 Å². The highest BCUT2D eigenvalue weighted by Gasteiger charge is 2.18. The van der Waals surface area contributed by atoms with Crippen molar-refractivity contribution in [2.24, 2.45) is 0 Å². The van der Waals surface area contributed by atoms with E-state index in [2.05, 4.69) is 21.8 Å². The first-order chi connectivity index (χ1) is 9.15. The first-order valence-corrected chi connectivity index (χ1v) is 6.30. The summed E-state index contributed by atoms with van der Waals surface area (Å²) in [6.07, 6.45) is 1.59. The summed E-state index contributed by atoms with van der Waals surface area (Å²) in [7, 11) is 2.11. The van der Waals surface area contributed by atoms with Gasteiger partial charge < -0.3 is 14.9 Å². The fourth-order valence-corrected chi connectivity index (χ4v) is 2.39. The Bertz CT molecular complexity index is 614. The molecule has 3 heterocycles. The summed E-state index contributed by atoms with van der Waals surface area (Å²) >= 11 is 0. The van der Waals surface area contributed by atoms with Crippen LogP contribution in [0.2, 0.25) is 0 Å². The lowest BCUT2D eigenvalue weighted by Crippen LogP contribution is -2.45. The molecule has 0 radical (unpaired) electrons. The van der Waals surface area contributed by atoms with Crippen LogP contribution in [-0.2, 0) is 0 Å². The van der Waals surface area contributed by atoms with Crippen molar-refractivity contribution >= 4 is 17.4 Å². The van der Waals surface area contributed by atoms with Gasteiger partial charge in [0, 0.05) is 32.4 Å². The van der Waals surface area contributed by atoms with E-state index in [1.807, 2.05) is 22.6 Å². The fraction of sp³-hybridized carbons (Fsp3) is 0.385. The minimum atomic E-state index is -0.993. The van der Waals surface area contributed by atoms with Crippen LogP contribution in [0.15, 0.2) is 24.4 Å². The Hall–Kier alpha value is -2.08. The summed E-state index contributed by atoms with van der Waals surface area (Å²) in [6.45, 7) is 3.90. The molecule has 0 saturated carbocycles. The molecule has 0 amide bonds. The molecule has 0 aliphatic carbocycles. The summed E-state index contributed by atoms with van der Waals surface area (Å²) in [5.41, 5.74) is 0.760. The molecule has 6 nitrogen and oxygen atoms in total. The maximum absolute atomic E-state index is 11.0. The molecular formula is C13H16N4O2. The number of piperazine rings is 1. The first-order valence-electron chi connectivity index (χ1n) is 6.30. The van der Waals surface area contributed by atoms with Crippen molar-refractivity contribution in [1.29, 1.82) is 0 Å². The molecule has 1 saturated heterocycles. The zero-order valence-corrected chi connectivity index (χ0v) is 10.8. The Balaban J connectivity index is 2.01. The van der Waals surface area contributed by atoms with Crippen molar-refractivity contribution in [1.82, 2.24) is 14.3 Å². The van der Waals surface area contributed by atoms with Crippen LogP contribution in [0.5, 0.6) is 0 Å². The van der Waals surface area contributed by atoms with Gasteiger partial charge >= 0.3 is 5.97 Å². The minimum Gasteiger partial charge on any atom is -0.476 e. The molecule has 2 aromatic heterocycles. The number of carboxylic acids is 1. The van der Waals surface area contributed by atoms with Crippen molar-refractivity contribution in [2.75, 3.05) is 38.1 Å². The number of carboxylic acid groups (broad SMARTS) is 1. The van der Waals surface area contributed by atoms with Gasteiger partial charge in [0.15, 0.2) is 5.69 Å². The quantitative estimate of drug-likeness (QED) is 0.864. The third kappa shape index (κ3) is 2.15. The van der Waals surface area contributed by atoms with Gasteiger partial charge in [0.05, 0.1) is 0 Å². The Morgan fingerprint density at radius 1 is 1.26 bits per heavy atom. The third-order valence-corrected chi connectivity index (χ3v) is 3.52. The summed E-state index contributed by atoms with van der Waals surface area (Å²) in [4.78, 5) is 19.7. The Morgan fingerprint density at radius 2 is 2.00 bits per heavy atom. The molecule has 0 unspecified atom stereocenters. The van der Waals surface area contributed by atoms with Gasteiger partial charge in [-0.05, 0) is 19.2 Å². The highest BCUT2D eigenvalue weighted by molar-refractivity contribution is 5.86. The van der Waals surface area contributed by atoms with Crippen molar-refractivity contribution < 1.29 is 9.90 Å². The van der Waals surface area contributed by atoms with E-state index in [4.69, 9.17) is 5.11 Å². The van der Waals surface area contributed by atoms with Crippen LogP contribution in [0.1, 0.15) is 10.5 Å². The van der Waals surface area contributed by atoms with E-state index in [0.717, 1.165) is 32.0 Å². The normalized spacial score (nSPS) is 17.0. The highest BCUT2D eigenvalue weighted by Crippen LogP contribution is 2.19. The van der Waals surface area contributed by atoms with Crippen LogP contribution >= 0.6 is 0 Å². The average molecular weight is 260 g/mol. The molecular weight excluding hydrogens is 244 g/mol. The molecule has 1 aliphatic heterocycles. The van der Waals surface area contributed by atoms with Crippen LogP contribution in [0.3, 0.4) is 0 Å². The monoisotopic (exact) mass is 260 g/mol. The van der Waals surface area contributed by atoms with E-state index in [-0.39, 0.29) is 5.69 Å². The Morgan fingerprint density at radius 3 is 2.68 bits per heavy atom. The van der Waals surface area contributed by atoms with Crippen molar-refractivity contribution in [3.63, 3.8) is 0 Å². The van der Waals surface area contributed by atoms with Crippen LogP contribution in [0.25, 0.3) is 5.65 Å². The van der Waals surface area contributed by atoms with Gasteiger partial charge in [-0.2, -0.15) is 0 Å². The fourth-order valence-electron chi connectivity index (χ4n) is 2.39. The molecule has 1 fully saturated rings. The standard InChI is InChI=1S/C13H16N4O2/c1-15-5-7-16(8-6-15)12-4-2-3-11-14-10(13(18)19)9-17(11)12/h2-4,9H,5-8H2,1H3,(H,18,19). The van der Waals surface area contributed by atoms with Gasteiger partial charge in [0.2, 0.25) is 0 Å². The van der Waals surface area contributed by atoms with E-state index in [0.29, 0.717) is 5.65 Å². The Kier molecular flexibility index (Phi) is 2.87. The number of pyridine rings is 1. The van der Waals surface area contributed by atoms with Gasteiger partial charge in [-0.1, -0.05) is 6.07 Å². The molecule has 100 valence electrons. The number of anilines is 1. The number of aromatic carboxylic acids is 1.